The molecule has 0 radical (unpaired) electrons. The molecule has 0 spiro atoms. The molecular formula is C25H26ClN3O4. The number of imide groups is 1. The highest BCUT2D eigenvalue weighted by Gasteiger charge is 2.39. The van der Waals surface area contributed by atoms with Gasteiger partial charge in [0.15, 0.2) is 0 Å². The number of rotatable bonds is 6. The zero-order chi connectivity index (χ0) is 23.4. The van der Waals surface area contributed by atoms with Crippen molar-refractivity contribution >= 4 is 40.7 Å². The lowest BCUT2D eigenvalue weighted by Gasteiger charge is -2.20. The Kier molecular flexibility index (Phi) is 6.99. The van der Waals surface area contributed by atoms with Crippen LogP contribution in [0.4, 0.5) is 11.4 Å². The summed E-state index contributed by atoms with van der Waals surface area (Å²) in [6, 6.07) is 13.5. The molecule has 2 aromatic carbocycles. The number of amides is 3. The zero-order valence-electron chi connectivity index (χ0n) is 18.5. The lowest BCUT2D eigenvalue weighted by Crippen LogP contribution is -2.32. The summed E-state index contributed by atoms with van der Waals surface area (Å²) in [4.78, 5) is 41.3. The maximum atomic E-state index is 13.0. The van der Waals surface area contributed by atoms with Gasteiger partial charge in [-0.1, -0.05) is 24.4 Å². The van der Waals surface area contributed by atoms with Crippen molar-refractivity contribution in [3.8, 4) is 5.75 Å². The first kappa shape index (κ1) is 22.9. The molecular weight excluding hydrogens is 442 g/mol. The Labute approximate surface area is 198 Å². The van der Waals surface area contributed by atoms with Crippen LogP contribution in [0.25, 0.3) is 0 Å². The van der Waals surface area contributed by atoms with Crippen LogP contribution in [0, 0.1) is 0 Å². The minimum Gasteiger partial charge on any atom is -0.494 e. The number of carbonyl (C=O) groups excluding carboxylic acids is 3. The van der Waals surface area contributed by atoms with Crippen molar-refractivity contribution in [3.05, 3.63) is 64.8 Å². The van der Waals surface area contributed by atoms with E-state index < -0.39 is 11.8 Å². The van der Waals surface area contributed by atoms with Gasteiger partial charge in [-0.2, -0.15) is 0 Å². The SMILES string of the molecule is CCOc1ccc(N2C(=O)C(Cl)=C(Nc3ccc(C(=O)N4CCCCCC4)cc3)C2=O)cc1. The molecule has 0 aromatic heterocycles. The molecule has 0 saturated carbocycles. The third kappa shape index (κ3) is 4.88. The second-order valence-electron chi connectivity index (χ2n) is 7.97. The van der Waals surface area contributed by atoms with Crippen molar-refractivity contribution in [1.29, 1.82) is 0 Å². The molecule has 2 aromatic rings. The van der Waals surface area contributed by atoms with Crippen LogP contribution in [0.2, 0.25) is 0 Å². The smallest absolute Gasteiger partial charge is 0.283 e. The minimum atomic E-state index is -0.596. The molecule has 1 fully saturated rings. The molecule has 1 saturated heterocycles. The highest BCUT2D eigenvalue weighted by Crippen LogP contribution is 2.31. The van der Waals surface area contributed by atoms with Crippen LogP contribution in [0.15, 0.2) is 59.3 Å². The number of hydrogen-bond donors (Lipinski definition) is 1. The summed E-state index contributed by atoms with van der Waals surface area (Å²) in [5.41, 5.74) is 1.56. The van der Waals surface area contributed by atoms with E-state index in [2.05, 4.69) is 5.32 Å². The third-order valence-electron chi connectivity index (χ3n) is 5.73. The predicted octanol–water partition coefficient (Wildman–Crippen LogP) is 4.54. The maximum Gasteiger partial charge on any atom is 0.283 e. The minimum absolute atomic E-state index is 0.00199. The van der Waals surface area contributed by atoms with Crippen molar-refractivity contribution < 1.29 is 19.1 Å². The first-order chi connectivity index (χ1) is 16.0. The number of likely N-dealkylation sites (tertiary alicyclic amines) is 1. The van der Waals surface area contributed by atoms with E-state index >= 15 is 0 Å². The van der Waals surface area contributed by atoms with E-state index in [1.807, 2.05) is 11.8 Å². The van der Waals surface area contributed by atoms with Crippen molar-refractivity contribution in [2.75, 3.05) is 29.9 Å². The van der Waals surface area contributed by atoms with E-state index in [-0.39, 0.29) is 16.6 Å². The number of ether oxygens (including phenoxy) is 1. The summed E-state index contributed by atoms with van der Waals surface area (Å²) in [6.45, 7) is 3.95. The molecule has 0 atom stereocenters. The lowest BCUT2D eigenvalue weighted by molar-refractivity contribution is -0.120. The van der Waals surface area contributed by atoms with Crippen LogP contribution in [0.1, 0.15) is 43.0 Å². The van der Waals surface area contributed by atoms with Gasteiger partial charge < -0.3 is 15.0 Å². The Bertz CT molecular complexity index is 1070. The molecule has 8 heteroatoms. The van der Waals surface area contributed by atoms with Crippen LogP contribution in [0.5, 0.6) is 5.75 Å². The quantitative estimate of drug-likeness (QED) is 0.631. The molecule has 2 aliphatic heterocycles. The Morgan fingerprint density at radius 3 is 2.18 bits per heavy atom. The molecule has 2 aliphatic rings. The molecule has 0 aliphatic carbocycles. The van der Waals surface area contributed by atoms with Crippen molar-refractivity contribution in [2.45, 2.75) is 32.6 Å². The Morgan fingerprint density at radius 2 is 1.58 bits per heavy atom. The second kappa shape index (κ2) is 10.1. The van der Waals surface area contributed by atoms with Crippen LogP contribution in [-0.4, -0.2) is 42.3 Å². The fraction of sp³-hybridized carbons (Fsp3) is 0.320. The van der Waals surface area contributed by atoms with E-state index in [4.69, 9.17) is 16.3 Å². The lowest BCUT2D eigenvalue weighted by atomic mass is 10.1. The van der Waals surface area contributed by atoms with Gasteiger partial charge in [0.2, 0.25) is 0 Å². The highest BCUT2D eigenvalue weighted by molar-refractivity contribution is 6.53. The predicted molar refractivity (Wildman–Crippen MR) is 127 cm³/mol. The molecule has 0 bridgehead atoms. The summed E-state index contributed by atoms with van der Waals surface area (Å²) < 4.78 is 5.41. The highest BCUT2D eigenvalue weighted by atomic mass is 35.5. The summed E-state index contributed by atoms with van der Waals surface area (Å²) in [5, 5.41) is 2.76. The first-order valence-electron chi connectivity index (χ1n) is 11.2. The second-order valence-corrected chi connectivity index (χ2v) is 8.35. The summed E-state index contributed by atoms with van der Waals surface area (Å²) >= 11 is 6.22. The van der Waals surface area contributed by atoms with Crippen molar-refractivity contribution in [3.63, 3.8) is 0 Å². The number of hydrogen-bond acceptors (Lipinski definition) is 5. The summed E-state index contributed by atoms with van der Waals surface area (Å²) in [7, 11) is 0. The normalized spacial score (nSPS) is 16.8. The standard InChI is InChI=1S/C25H26ClN3O4/c1-2-33-20-13-11-19(12-14-20)29-24(31)21(26)22(25(29)32)27-18-9-7-17(8-10-18)23(30)28-15-5-3-4-6-16-28/h7-14,27H,2-6,15-16H2,1H3. The molecule has 4 rings (SSSR count). The average molecular weight is 468 g/mol. The van der Waals surface area contributed by atoms with E-state index in [1.165, 1.54) is 0 Å². The Balaban J connectivity index is 1.46. The van der Waals surface area contributed by atoms with Crippen LogP contribution >= 0.6 is 11.6 Å². The van der Waals surface area contributed by atoms with Crippen LogP contribution in [0.3, 0.4) is 0 Å². The molecule has 0 unspecified atom stereocenters. The summed E-state index contributed by atoms with van der Waals surface area (Å²) in [6.07, 6.45) is 4.37. The molecule has 1 N–H and O–H groups in total. The van der Waals surface area contributed by atoms with Gasteiger partial charge in [0.05, 0.1) is 12.3 Å². The number of nitrogens with one attached hydrogen (secondary N) is 1. The maximum absolute atomic E-state index is 13.0. The Hall–Kier alpha value is -3.32. The number of anilines is 2. The number of halogens is 1. The monoisotopic (exact) mass is 467 g/mol. The fourth-order valence-corrected chi connectivity index (χ4v) is 4.21. The van der Waals surface area contributed by atoms with E-state index in [0.29, 0.717) is 29.3 Å². The third-order valence-corrected chi connectivity index (χ3v) is 6.08. The largest absolute Gasteiger partial charge is 0.494 e. The fourth-order valence-electron chi connectivity index (χ4n) is 4.00. The molecule has 33 heavy (non-hydrogen) atoms. The van der Waals surface area contributed by atoms with Crippen molar-refractivity contribution in [2.24, 2.45) is 0 Å². The first-order valence-corrected chi connectivity index (χ1v) is 11.5. The van der Waals surface area contributed by atoms with E-state index in [0.717, 1.165) is 43.7 Å². The van der Waals surface area contributed by atoms with E-state index in [1.54, 1.807) is 48.5 Å². The van der Waals surface area contributed by atoms with Gasteiger partial charge in [-0.05, 0) is 68.3 Å². The van der Waals surface area contributed by atoms with Gasteiger partial charge in [-0.3, -0.25) is 14.4 Å². The van der Waals surface area contributed by atoms with Gasteiger partial charge in [-0.15, -0.1) is 0 Å². The van der Waals surface area contributed by atoms with Gasteiger partial charge in [-0.25, -0.2) is 4.90 Å². The van der Waals surface area contributed by atoms with Gasteiger partial charge >= 0.3 is 0 Å². The Morgan fingerprint density at radius 1 is 0.939 bits per heavy atom. The number of carbonyl (C=O) groups is 3. The van der Waals surface area contributed by atoms with Crippen LogP contribution < -0.4 is 15.0 Å². The molecule has 7 nitrogen and oxygen atoms in total. The molecule has 3 amide bonds. The summed E-state index contributed by atoms with van der Waals surface area (Å²) in [5.74, 6) is -0.484. The van der Waals surface area contributed by atoms with Gasteiger partial charge in [0, 0.05) is 24.3 Å². The number of nitrogens with zero attached hydrogens (tertiary/aromatic N) is 2. The van der Waals surface area contributed by atoms with Gasteiger partial charge in [0.25, 0.3) is 17.7 Å². The zero-order valence-corrected chi connectivity index (χ0v) is 19.2. The number of benzene rings is 2. The van der Waals surface area contributed by atoms with Crippen LogP contribution in [-0.2, 0) is 9.59 Å². The molecule has 172 valence electrons. The van der Waals surface area contributed by atoms with Crippen molar-refractivity contribution in [1.82, 2.24) is 4.90 Å². The van der Waals surface area contributed by atoms with Gasteiger partial charge in [0.1, 0.15) is 16.5 Å². The molecule has 2 heterocycles. The van der Waals surface area contributed by atoms with E-state index in [9.17, 15) is 14.4 Å². The average Bonchev–Trinajstić information content (AvgIpc) is 3.03. The topological polar surface area (TPSA) is 79.0 Å².